The van der Waals surface area contributed by atoms with E-state index in [0.717, 1.165) is 0 Å². The normalized spacial score (nSPS) is 14.4. The Morgan fingerprint density at radius 2 is 2.00 bits per heavy atom. The van der Waals surface area contributed by atoms with E-state index in [2.05, 4.69) is 11.1 Å². The van der Waals surface area contributed by atoms with Crippen LogP contribution >= 0.6 is 0 Å². The lowest BCUT2D eigenvalue weighted by Gasteiger charge is -2.18. The van der Waals surface area contributed by atoms with Gasteiger partial charge in [0, 0.05) is 12.8 Å². The molecule has 6 nitrogen and oxygen atoms in total. The molecule has 0 saturated heterocycles. The second-order valence-electron chi connectivity index (χ2n) is 4.72. The van der Waals surface area contributed by atoms with E-state index in [1.165, 1.54) is 0 Å². The molecular formula is C11H24N3O3+. The number of rotatable bonds is 8. The number of nitrogens with two attached hydrogens (primary N) is 1. The quantitative estimate of drug-likeness (QED) is 0.412. The second-order valence-corrected chi connectivity index (χ2v) is 4.72. The van der Waals surface area contributed by atoms with Crippen LogP contribution < -0.4 is 16.8 Å². The van der Waals surface area contributed by atoms with Crippen LogP contribution in [0.1, 0.15) is 33.1 Å². The molecule has 0 aliphatic carbocycles. The van der Waals surface area contributed by atoms with Gasteiger partial charge in [0.2, 0.25) is 5.91 Å². The Labute approximate surface area is 102 Å². The molecule has 0 unspecified atom stereocenters. The van der Waals surface area contributed by atoms with E-state index in [9.17, 15) is 9.59 Å². The molecule has 0 heterocycles. The minimum absolute atomic E-state index is 0.150. The first kappa shape index (κ1) is 15.9. The highest BCUT2D eigenvalue weighted by molar-refractivity contribution is 5.80. The van der Waals surface area contributed by atoms with Gasteiger partial charge in [-0.1, -0.05) is 13.8 Å². The minimum Gasteiger partial charge on any atom is -0.394 e. The van der Waals surface area contributed by atoms with Crippen molar-refractivity contribution in [1.82, 2.24) is 5.32 Å². The third-order valence-electron chi connectivity index (χ3n) is 2.43. The van der Waals surface area contributed by atoms with Crippen molar-refractivity contribution in [1.29, 1.82) is 0 Å². The van der Waals surface area contributed by atoms with E-state index in [1.54, 1.807) is 0 Å². The molecule has 6 heteroatoms. The van der Waals surface area contributed by atoms with Crippen LogP contribution in [0.3, 0.4) is 0 Å². The summed E-state index contributed by atoms with van der Waals surface area (Å²) in [6, 6.07) is -0.760. The van der Waals surface area contributed by atoms with E-state index < -0.39 is 11.9 Å². The average molecular weight is 246 g/mol. The fraction of sp³-hybridized carbons (Fsp3) is 0.818. The smallest absolute Gasteiger partial charge is 0.278 e. The van der Waals surface area contributed by atoms with E-state index in [1.807, 2.05) is 13.8 Å². The molecule has 0 aromatic rings. The fourth-order valence-corrected chi connectivity index (χ4v) is 1.52. The summed E-state index contributed by atoms with van der Waals surface area (Å²) >= 11 is 0. The number of hydrogen-bond acceptors (Lipinski definition) is 3. The maximum atomic E-state index is 11.7. The van der Waals surface area contributed by atoms with Crippen LogP contribution in [-0.2, 0) is 9.59 Å². The molecule has 0 rings (SSSR count). The van der Waals surface area contributed by atoms with Gasteiger partial charge in [-0.05, 0) is 12.3 Å². The highest BCUT2D eigenvalue weighted by Gasteiger charge is 2.21. The number of carbonyl (C=O) groups excluding carboxylic acids is 2. The third-order valence-corrected chi connectivity index (χ3v) is 2.43. The Hall–Kier alpha value is -1.14. The summed E-state index contributed by atoms with van der Waals surface area (Å²) in [7, 11) is 0. The average Bonchev–Trinajstić information content (AvgIpc) is 2.22. The lowest BCUT2D eigenvalue weighted by Crippen LogP contribution is -2.68. The first-order chi connectivity index (χ1) is 7.86. The summed E-state index contributed by atoms with van der Waals surface area (Å²) in [6.07, 6.45) is 1.20. The van der Waals surface area contributed by atoms with Gasteiger partial charge in [0.1, 0.15) is 0 Å². The van der Waals surface area contributed by atoms with Crippen LogP contribution in [0.15, 0.2) is 0 Å². The monoisotopic (exact) mass is 246 g/mol. The standard InChI is InChI=1S/C11H23N3O3/c1-7(2)5-9(12)11(17)14-8(6-15)3-4-10(13)16/h7-9,15H,3-6,12H2,1-2H3,(H2,13,16)(H,14,17)/p+1/t8-,9-/m0/s1. The van der Waals surface area contributed by atoms with Crippen molar-refractivity contribution < 1.29 is 20.4 Å². The number of primary amides is 1. The number of aliphatic hydroxyl groups excluding tert-OH is 1. The van der Waals surface area contributed by atoms with Crippen molar-refractivity contribution in [2.45, 2.75) is 45.2 Å². The Morgan fingerprint density at radius 1 is 1.41 bits per heavy atom. The topological polar surface area (TPSA) is 120 Å². The minimum atomic E-state index is -0.439. The van der Waals surface area contributed by atoms with Gasteiger partial charge in [0.15, 0.2) is 6.04 Å². The van der Waals surface area contributed by atoms with Crippen molar-refractivity contribution in [2.75, 3.05) is 6.61 Å². The Kier molecular flexibility index (Phi) is 7.49. The summed E-state index contributed by atoms with van der Waals surface area (Å²) in [6.45, 7) is 3.83. The molecule has 0 saturated carbocycles. The molecule has 0 aliphatic heterocycles. The van der Waals surface area contributed by atoms with Gasteiger partial charge < -0.3 is 21.9 Å². The van der Waals surface area contributed by atoms with Gasteiger partial charge in [-0.2, -0.15) is 0 Å². The molecule has 0 aromatic carbocycles. The first-order valence-electron chi connectivity index (χ1n) is 5.89. The maximum absolute atomic E-state index is 11.7. The molecule has 100 valence electrons. The third kappa shape index (κ3) is 7.70. The Bertz CT molecular complexity index is 256. The predicted molar refractivity (Wildman–Crippen MR) is 63.6 cm³/mol. The summed E-state index contributed by atoms with van der Waals surface area (Å²) < 4.78 is 0. The number of carbonyl (C=O) groups is 2. The van der Waals surface area contributed by atoms with Gasteiger partial charge in [-0.15, -0.1) is 0 Å². The predicted octanol–water partition coefficient (Wildman–Crippen LogP) is -1.61. The van der Waals surface area contributed by atoms with Crippen LogP contribution in [0.2, 0.25) is 0 Å². The van der Waals surface area contributed by atoms with Gasteiger partial charge in [0.05, 0.1) is 12.6 Å². The fourth-order valence-electron chi connectivity index (χ4n) is 1.52. The highest BCUT2D eigenvalue weighted by atomic mass is 16.3. The molecule has 2 amide bonds. The summed E-state index contributed by atoms with van der Waals surface area (Å²) in [5.41, 5.74) is 8.78. The number of quaternary nitrogens is 1. The van der Waals surface area contributed by atoms with E-state index in [-0.39, 0.29) is 25.0 Å². The molecule has 2 atom stereocenters. The number of amides is 2. The van der Waals surface area contributed by atoms with Crippen molar-refractivity contribution in [3.63, 3.8) is 0 Å². The molecule has 0 radical (unpaired) electrons. The largest absolute Gasteiger partial charge is 0.394 e. The van der Waals surface area contributed by atoms with Gasteiger partial charge in [-0.25, -0.2) is 0 Å². The van der Waals surface area contributed by atoms with Gasteiger partial charge in [0.25, 0.3) is 5.91 Å². The molecule has 0 fully saturated rings. The van der Waals surface area contributed by atoms with Crippen molar-refractivity contribution in [3.8, 4) is 0 Å². The summed E-state index contributed by atoms with van der Waals surface area (Å²) in [5, 5.41) is 11.7. The van der Waals surface area contributed by atoms with Crippen LogP contribution in [0, 0.1) is 5.92 Å². The van der Waals surface area contributed by atoms with Crippen molar-refractivity contribution >= 4 is 11.8 Å². The zero-order valence-corrected chi connectivity index (χ0v) is 10.6. The zero-order chi connectivity index (χ0) is 13.4. The van der Waals surface area contributed by atoms with Crippen LogP contribution in [0.4, 0.5) is 0 Å². The Morgan fingerprint density at radius 3 is 2.41 bits per heavy atom. The Balaban J connectivity index is 4.08. The van der Waals surface area contributed by atoms with Crippen LogP contribution in [0.25, 0.3) is 0 Å². The number of aliphatic hydroxyl groups is 1. The molecule has 0 aromatic heterocycles. The first-order valence-corrected chi connectivity index (χ1v) is 5.89. The second kappa shape index (κ2) is 8.03. The van der Waals surface area contributed by atoms with Crippen LogP contribution in [0.5, 0.6) is 0 Å². The summed E-state index contributed by atoms with van der Waals surface area (Å²) in [5.74, 6) is -0.241. The highest BCUT2D eigenvalue weighted by Crippen LogP contribution is 2.02. The molecule has 0 aliphatic rings. The molecule has 17 heavy (non-hydrogen) atoms. The molecule has 0 bridgehead atoms. The van der Waals surface area contributed by atoms with Gasteiger partial charge >= 0.3 is 0 Å². The molecule has 7 N–H and O–H groups in total. The van der Waals surface area contributed by atoms with Crippen molar-refractivity contribution in [3.05, 3.63) is 0 Å². The summed E-state index contributed by atoms with van der Waals surface area (Å²) in [4.78, 5) is 22.3. The van der Waals surface area contributed by atoms with Crippen LogP contribution in [-0.4, -0.2) is 35.6 Å². The maximum Gasteiger partial charge on any atom is 0.278 e. The molecular weight excluding hydrogens is 222 g/mol. The van der Waals surface area contributed by atoms with Gasteiger partial charge in [-0.3, -0.25) is 9.59 Å². The SMILES string of the molecule is CC(C)C[C@H]([NH3+])C(=O)N[C@H](CO)CCC(N)=O. The molecule has 0 spiro atoms. The lowest BCUT2D eigenvalue weighted by molar-refractivity contribution is -0.406. The van der Waals surface area contributed by atoms with E-state index >= 15 is 0 Å². The van der Waals surface area contributed by atoms with E-state index in [0.29, 0.717) is 18.8 Å². The van der Waals surface area contributed by atoms with E-state index in [4.69, 9.17) is 10.8 Å². The lowest BCUT2D eigenvalue weighted by atomic mass is 10.0. The number of nitrogens with one attached hydrogen (secondary N) is 1. The zero-order valence-electron chi connectivity index (χ0n) is 10.6. The number of hydrogen-bond donors (Lipinski definition) is 4. The van der Waals surface area contributed by atoms with Crippen molar-refractivity contribution in [2.24, 2.45) is 11.7 Å².